The monoisotopic (exact) mass is 290 g/mol. The molecule has 0 heterocycles. The first-order valence-electron chi connectivity index (χ1n) is 8.62. The number of benzene rings is 1. The van der Waals surface area contributed by atoms with Crippen molar-refractivity contribution in [3.8, 4) is 0 Å². The lowest BCUT2D eigenvalue weighted by molar-refractivity contribution is 0.196. The van der Waals surface area contributed by atoms with Crippen molar-refractivity contribution in [1.82, 2.24) is 10.2 Å². The Kier molecular flexibility index (Phi) is 8.63. The molecule has 21 heavy (non-hydrogen) atoms. The van der Waals surface area contributed by atoms with Crippen molar-refractivity contribution in [2.75, 3.05) is 20.1 Å². The molecule has 0 saturated heterocycles. The summed E-state index contributed by atoms with van der Waals surface area (Å²) >= 11 is 0. The van der Waals surface area contributed by atoms with Gasteiger partial charge in [-0.15, -0.1) is 0 Å². The zero-order valence-electron chi connectivity index (χ0n) is 14.7. The average Bonchev–Trinajstić information content (AvgIpc) is 2.50. The Morgan fingerprint density at radius 1 is 1.05 bits per heavy atom. The van der Waals surface area contributed by atoms with Gasteiger partial charge in [-0.25, -0.2) is 0 Å². The van der Waals surface area contributed by atoms with E-state index in [2.05, 4.69) is 69.2 Å². The first-order chi connectivity index (χ1) is 10.1. The van der Waals surface area contributed by atoms with E-state index in [9.17, 15) is 0 Å². The number of likely N-dealkylation sites (N-methyl/N-ethyl adjacent to an activating group) is 1. The van der Waals surface area contributed by atoms with Crippen molar-refractivity contribution in [3.63, 3.8) is 0 Å². The topological polar surface area (TPSA) is 15.3 Å². The number of nitrogens with zero attached hydrogens (tertiary/aromatic N) is 1. The van der Waals surface area contributed by atoms with E-state index < -0.39 is 0 Å². The minimum atomic E-state index is 0.417. The van der Waals surface area contributed by atoms with Crippen LogP contribution >= 0.6 is 0 Å². The Bertz CT molecular complexity index is 370. The highest BCUT2D eigenvalue weighted by Gasteiger charge is 2.16. The van der Waals surface area contributed by atoms with Crippen molar-refractivity contribution in [3.05, 3.63) is 35.4 Å². The van der Waals surface area contributed by atoms with Crippen LogP contribution in [0.2, 0.25) is 0 Å². The number of hydrogen-bond donors (Lipinski definition) is 1. The fraction of sp³-hybridized carbons (Fsp3) is 0.684. The lowest BCUT2D eigenvalue weighted by Gasteiger charge is -2.31. The van der Waals surface area contributed by atoms with Gasteiger partial charge in [-0.1, -0.05) is 51.0 Å². The van der Waals surface area contributed by atoms with E-state index in [1.54, 1.807) is 0 Å². The summed E-state index contributed by atoms with van der Waals surface area (Å²) in [7, 11) is 2.07. The van der Waals surface area contributed by atoms with Crippen molar-refractivity contribution >= 4 is 0 Å². The zero-order chi connectivity index (χ0) is 15.7. The maximum Gasteiger partial charge on any atom is 0.0446 e. The second-order valence-corrected chi connectivity index (χ2v) is 6.23. The van der Waals surface area contributed by atoms with Crippen molar-refractivity contribution in [1.29, 1.82) is 0 Å². The van der Waals surface area contributed by atoms with E-state index >= 15 is 0 Å². The first-order valence-corrected chi connectivity index (χ1v) is 8.62. The lowest BCUT2D eigenvalue weighted by Crippen LogP contribution is -2.38. The van der Waals surface area contributed by atoms with Gasteiger partial charge in [-0.05, 0) is 51.4 Å². The van der Waals surface area contributed by atoms with Crippen LogP contribution in [0.15, 0.2) is 24.3 Å². The van der Waals surface area contributed by atoms with E-state index in [-0.39, 0.29) is 0 Å². The Morgan fingerprint density at radius 2 is 1.71 bits per heavy atom. The molecule has 0 aliphatic heterocycles. The summed E-state index contributed by atoms with van der Waals surface area (Å²) in [6.45, 7) is 11.4. The van der Waals surface area contributed by atoms with Crippen molar-refractivity contribution in [2.45, 2.75) is 65.5 Å². The zero-order valence-corrected chi connectivity index (χ0v) is 14.7. The van der Waals surface area contributed by atoms with Gasteiger partial charge in [0.05, 0.1) is 0 Å². The average molecular weight is 290 g/mol. The minimum absolute atomic E-state index is 0.417. The van der Waals surface area contributed by atoms with Crippen LogP contribution in [-0.4, -0.2) is 31.1 Å². The summed E-state index contributed by atoms with van der Waals surface area (Å²) in [5, 5.41) is 3.49. The third-order valence-corrected chi connectivity index (χ3v) is 4.34. The molecule has 0 aliphatic carbocycles. The molecule has 0 spiro atoms. The van der Waals surface area contributed by atoms with Crippen molar-refractivity contribution < 1.29 is 0 Å². The van der Waals surface area contributed by atoms with E-state index in [1.807, 2.05) is 0 Å². The minimum Gasteiger partial charge on any atom is -0.312 e. The summed E-state index contributed by atoms with van der Waals surface area (Å²) in [6.07, 6.45) is 5.04. The molecule has 1 aromatic rings. The van der Waals surface area contributed by atoms with Crippen LogP contribution in [0, 0.1) is 0 Å². The Labute approximate surface area is 131 Å². The molecular formula is C19H34N2. The van der Waals surface area contributed by atoms with E-state index in [1.165, 1.54) is 36.9 Å². The highest BCUT2D eigenvalue weighted by Crippen LogP contribution is 2.17. The number of hydrogen-bond acceptors (Lipinski definition) is 2. The molecule has 0 fully saturated rings. The van der Waals surface area contributed by atoms with Gasteiger partial charge >= 0.3 is 0 Å². The van der Waals surface area contributed by atoms with Crippen LogP contribution in [0.1, 0.15) is 64.1 Å². The van der Waals surface area contributed by atoms with E-state index in [4.69, 9.17) is 0 Å². The SMILES string of the molecule is CCCCCN(CC(NC)c1ccc(CC)cc1)C(C)C. The lowest BCUT2D eigenvalue weighted by atomic mass is 10.0. The molecule has 1 rings (SSSR count). The normalized spacial score (nSPS) is 13.1. The molecule has 0 aliphatic rings. The Hall–Kier alpha value is -0.860. The van der Waals surface area contributed by atoms with Crippen LogP contribution in [0.25, 0.3) is 0 Å². The van der Waals surface area contributed by atoms with Gasteiger partial charge in [-0.2, -0.15) is 0 Å². The molecule has 2 nitrogen and oxygen atoms in total. The standard InChI is InChI=1S/C19H34N2/c1-6-8-9-14-21(16(3)4)15-19(20-5)18-12-10-17(7-2)11-13-18/h10-13,16,19-20H,6-9,14-15H2,1-5H3. The van der Waals surface area contributed by atoms with Gasteiger partial charge in [0, 0.05) is 18.6 Å². The summed E-state index contributed by atoms with van der Waals surface area (Å²) in [6, 6.07) is 10.1. The largest absolute Gasteiger partial charge is 0.312 e. The fourth-order valence-electron chi connectivity index (χ4n) is 2.71. The second kappa shape index (κ2) is 9.97. The molecule has 0 amide bonds. The molecule has 120 valence electrons. The highest BCUT2D eigenvalue weighted by atomic mass is 15.2. The van der Waals surface area contributed by atoms with Gasteiger partial charge in [-0.3, -0.25) is 4.90 Å². The predicted molar refractivity (Wildman–Crippen MR) is 93.9 cm³/mol. The third-order valence-electron chi connectivity index (χ3n) is 4.34. The fourth-order valence-corrected chi connectivity index (χ4v) is 2.71. The molecule has 1 unspecified atom stereocenters. The van der Waals surface area contributed by atoms with Crippen LogP contribution in [0.4, 0.5) is 0 Å². The molecule has 0 saturated carbocycles. The number of unbranched alkanes of at least 4 members (excludes halogenated alkanes) is 2. The summed E-state index contributed by atoms with van der Waals surface area (Å²) < 4.78 is 0. The molecule has 1 atom stereocenters. The van der Waals surface area contributed by atoms with Crippen LogP contribution in [0.5, 0.6) is 0 Å². The molecule has 1 N–H and O–H groups in total. The number of aryl methyl sites for hydroxylation is 1. The molecular weight excluding hydrogens is 256 g/mol. The maximum absolute atomic E-state index is 3.49. The molecule has 0 bridgehead atoms. The van der Waals surface area contributed by atoms with Gasteiger partial charge < -0.3 is 5.32 Å². The smallest absolute Gasteiger partial charge is 0.0446 e. The van der Waals surface area contributed by atoms with Gasteiger partial charge in [0.15, 0.2) is 0 Å². The Balaban J connectivity index is 2.67. The van der Waals surface area contributed by atoms with Gasteiger partial charge in [0.2, 0.25) is 0 Å². The summed E-state index contributed by atoms with van der Waals surface area (Å²) in [5.41, 5.74) is 2.81. The van der Waals surface area contributed by atoms with E-state index in [0.717, 1.165) is 13.0 Å². The molecule has 2 heteroatoms. The van der Waals surface area contributed by atoms with Crippen LogP contribution < -0.4 is 5.32 Å². The molecule has 0 radical (unpaired) electrons. The predicted octanol–water partition coefficient (Wildman–Crippen LogP) is 4.41. The third kappa shape index (κ3) is 6.19. The quantitative estimate of drug-likeness (QED) is 0.642. The van der Waals surface area contributed by atoms with E-state index in [0.29, 0.717) is 12.1 Å². The highest BCUT2D eigenvalue weighted by molar-refractivity contribution is 5.25. The number of nitrogens with one attached hydrogen (secondary N) is 1. The summed E-state index contributed by atoms with van der Waals surface area (Å²) in [4.78, 5) is 2.60. The number of rotatable bonds is 10. The van der Waals surface area contributed by atoms with Gasteiger partial charge in [0.25, 0.3) is 0 Å². The van der Waals surface area contributed by atoms with Crippen LogP contribution in [-0.2, 0) is 6.42 Å². The van der Waals surface area contributed by atoms with Crippen LogP contribution in [0.3, 0.4) is 0 Å². The Morgan fingerprint density at radius 3 is 2.19 bits per heavy atom. The second-order valence-electron chi connectivity index (χ2n) is 6.23. The van der Waals surface area contributed by atoms with Gasteiger partial charge in [0.1, 0.15) is 0 Å². The first kappa shape index (κ1) is 18.2. The van der Waals surface area contributed by atoms with Crippen molar-refractivity contribution in [2.24, 2.45) is 0 Å². The summed E-state index contributed by atoms with van der Waals surface area (Å²) in [5.74, 6) is 0. The molecule has 0 aromatic heterocycles. The molecule has 1 aromatic carbocycles. The maximum atomic E-state index is 3.49.